The summed E-state index contributed by atoms with van der Waals surface area (Å²) in [4.78, 5) is 0.107. The van der Waals surface area contributed by atoms with Gasteiger partial charge in [-0.2, -0.15) is 0 Å². The average Bonchev–Trinajstić information content (AvgIpc) is 2.90. The normalized spacial score (nSPS) is 14.8. The van der Waals surface area contributed by atoms with Gasteiger partial charge in [-0.25, -0.2) is 8.42 Å². The molecule has 28 heavy (non-hydrogen) atoms. The van der Waals surface area contributed by atoms with E-state index in [2.05, 4.69) is 18.4 Å². The fourth-order valence-corrected chi connectivity index (χ4v) is 5.21. The summed E-state index contributed by atoms with van der Waals surface area (Å²) >= 11 is 6.21. The lowest BCUT2D eigenvalue weighted by Gasteiger charge is -2.24. The number of sulfonamides is 1. The van der Waals surface area contributed by atoms with Crippen molar-refractivity contribution in [3.05, 3.63) is 89.1 Å². The molecule has 5 heteroatoms. The molecule has 0 N–H and O–H groups in total. The molecule has 1 aliphatic rings. The van der Waals surface area contributed by atoms with Crippen LogP contribution in [0.15, 0.2) is 83.4 Å². The van der Waals surface area contributed by atoms with Gasteiger partial charge in [0.25, 0.3) is 10.0 Å². The van der Waals surface area contributed by atoms with Gasteiger partial charge in [-0.3, -0.25) is 4.31 Å². The summed E-state index contributed by atoms with van der Waals surface area (Å²) in [5.41, 5.74) is 2.38. The summed E-state index contributed by atoms with van der Waals surface area (Å²) in [5, 5.41) is 0.215. The Morgan fingerprint density at radius 1 is 1.04 bits per heavy atom. The van der Waals surface area contributed by atoms with Gasteiger partial charge >= 0.3 is 0 Å². The first kappa shape index (κ1) is 20.3. The van der Waals surface area contributed by atoms with Crippen LogP contribution in [0, 0.1) is 11.8 Å². The van der Waals surface area contributed by atoms with Crippen LogP contribution in [0.3, 0.4) is 0 Å². The average molecular weight is 412 g/mol. The van der Waals surface area contributed by atoms with Gasteiger partial charge < -0.3 is 0 Å². The summed E-state index contributed by atoms with van der Waals surface area (Å²) < 4.78 is 28.3. The van der Waals surface area contributed by atoms with Crippen molar-refractivity contribution in [1.82, 2.24) is 4.31 Å². The van der Waals surface area contributed by atoms with Crippen LogP contribution < -0.4 is 0 Å². The van der Waals surface area contributed by atoms with Crippen LogP contribution in [0.25, 0.3) is 0 Å². The quantitative estimate of drug-likeness (QED) is 0.499. The highest BCUT2D eigenvalue weighted by Crippen LogP contribution is 2.32. The third-order valence-corrected chi connectivity index (χ3v) is 6.87. The van der Waals surface area contributed by atoms with Crippen LogP contribution in [-0.2, 0) is 10.0 Å². The highest BCUT2D eigenvalue weighted by atomic mass is 35.5. The molecule has 1 heterocycles. The molecular formula is C23H22ClNO2S. The SMILES string of the molecule is C=CCC1=C(C#Cc2ccccc2)N(S(=O)(=O)c2ccccc2Cl)CCCC1. The molecule has 0 spiro atoms. The van der Waals surface area contributed by atoms with Crippen molar-refractivity contribution in [1.29, 1.82) is 0 Å². The highest BCUT2D eigenvalue weighted by molar-refractivity contribution is 7.89. The predicted molar refractivity (Wildman–Crippen MR) is 114 cm³/mol. The Morgan fingerprint density at radius 2 is 1.75 bits per heavy atom. The number of hydrogen-bond acceptors (Lipinski definition) is 2. The smallest absolute Gasteiger partial charge is 0.258 e. The van der Waals surface area contributed by atoms with E-state index in [1.165, 1.54) is 10.4 Å². The molecule has 2 aromatic carbocycles. The Labute approximate surface area is 172 Å². The minimum Gasteiger partial charge on any atom is -0.258 e. The van der Waals surface area contributed by atoms with E-state index >= 15 is 0 Å². The van der Waals surface area contributed by atoms with Gasteiger partial charge in [-0.05, 0) is 61.4 Å². The zero-order chi connectivity index (χ0) is 20.0. The van der Waals surface area contributed by atoms with Gasteiger partial charge in [-0.1, -0.05) is 53.9 Å². The maximum atomic E-state index is 13.4. The fraction of sp³-hybridized carbons (Fsp3) is 0.217. The van der Waals surface area contributed by atoms with Crippen molar-refractivity contribution < 1.29 is 8.42 Å². The largest absolute Gasteiger partial charge is 0.266 e. The maximum absolute atomic E-state index is 13.4. The topological polar surface area (TPSA) is 37.4 Å². The molecule has 1 aliphatic heterocycles. The number of rotatable bonds is 4. The van der Waals surface area contributed by atoms with Crippen molar-refractivity contribution in [3.63, 3.8) is 0 Å². The van der Waals surface area contributed by atoms with Crippen molar-refractivity contribution in [2.45, 2.75) is 30.6 Å². The standard InChI is InChI=1S/C23H22ClNO2S/c1-2-10-20-13-8-9-18-25(22(20)17-16-19-11-4-3-5-12-19)28(26,27)23-15-7-6-14-21(23)24/h2-7,11-12,14-15H,1,8-10,13,18H2. The second-order valence-electron chi connectivity index (χ2n) is 6.53. The first-order valence-electron chi connectivity index (χ1n) is 9.21. The van der Waals surface area contributed by atoms with Crippen molar-refractivity contribution in [2.75, 3.05) is 6.54 Å². The van der Waals surface area contributed by atoms with E-state index in [1.807, 2.05) is 30.3 Å². The van der Waals surface area contributed by atoms with Crippen LogP contribution in [0.5, 0.6) is 0 Å². The molecule has 0 unspecified atom stereocenters. The van der Waals surface area contributed by atoms with Crippen LogP contribution in [0.1, 0.15) is 31.2 Å². The van der Waals surface area contributed by atoms with Crippen molar-refractivity contribution >= 4 is 21.6 Å². The summed E-state index contributed by atoms with van der Waals surface area (Å²) in [6.45, 7) is 4.21. The zero-order valence-corrected chi connectivity index (χ0v) is 17.1. The molecule has 3 rings (SSSR count). The van der Waals surface area contributed by atoms with Crippen LogP contribution >= 0.6 is 11.6 Å². The monoisotopic (exact) mass is 411 g/mol. The number of benzene rings is 2. The molecule has 0 atom stereocenters. The van der Waals surface area contributed by atoms with Crippen molar-refractivity contribution in [3.8, 4) is 11.8 Å². The Balaban J connectivity index is 2.14. The van der Waals surface area contributed by atoms with E-state index in [0.717, 1.165) is 30.4 Å². The lowest BCUT2D eigenvalue weighted by molar-refractivity contribution is 0.480. The van der Waals surface area contributed by atoms with E-state index in [-0.39, 0.29) is 9.92 Å². The van der Waals surface area contributed by atoms with Crippen LogP contribution in [0.2, 0.25) is 5.02 Å². The second-order valence-corrected chi connectivity index (χ2v) is 8.76. The fourth-order valence-electron chi connectivity index (χ4n) is 3.19. The molecule has 0 amide bonds. The maximum Gasteiger partial charge on any atom is 0.266 e. The lowest BCUT2D eigenvalue weighted by atomic mass is 10.0. The molecule has 2 aromatic rings. The Hall–Kier alpha value is -2.48. The zero-order valence-electron chi connectivity index (χ0n) is 15.6. The molecule has 0 saturated heterocycles. The highest BCUT2D eigenvalue weighted by Gasteiger charge is 2.30. The van der Waals surface area contributed by atoms with Crippen LogP contribution in [0.4, 0.5) is 0 Å². The number of nitrogens with zero attached hydrogens (tertiary/aromatic N) is 1. The molecule has 144 valence electrons. The van der Waals surface area contributed by atoms with E-state index in [1.54, 1.807) is 24.3 Å². The van der Waals surface area contributed by atoms with E-state index in [0.29, 0.717) is 18.7 Å². The Morgan fingerprint density at radius 3 is 2.46 bits per heavy atom. The minimum atomic E-state index is -3.81. The second kappa shape index (κ2) is 9.14. The van der Waals surface area contributed by atoms with Gasteiger partial charge in [0.15, 0.2) is 0 Å². The van der Waals surface area contributed by atoms with E-state index < -0.39 is 10.0 Å². The van der Waals surface area contributed by atoms with E-state index in [9.17, 15) is 8.42 Å². The third-order valence-electron chi connectivity index (χ3n) is 4.57. The first-order valence-corrected chi connectivity index (χ1v) is 11.0. The number of allylic oxidation sites excluding steroid dienone is 3. The molecule has 0 saturated carbocycles. The molecular weight excluding hydrogens is 390 g/mol. The van der Waals surface area contributed by atoms with Crippen molar-refractivity contribution in [2.24, 2.45) is 0 Å². The number of hydrogen-bond donors (Lipinski definition) is 0. The minimum absolute atomic E-state index is 0.107. The van der Waals surface area contributed by atoms with Gasteiger partial charge in [0, 0.05) is 12.1 Å². The van der Waals surface area contributed by atoms with Crippen LogP contribution in [-0.4, -0.2) is 19.3 Å². The molecule has 0 fully saturated rings. The summed E-state index contributed by atoms with van der Waals surface area (Å²) in [6.07, 6.45) is 4.88. The van der Waals surface area contributed by atoms with Gasteiger partial charge in [0.2, 0.25) is 0 Å². The van der Waals surface area contributed by atoms with Gasteiger partial charge in [0.05, 0.1) is 5.02 Å². The van der Waals surface area contributed by atoms with Gasteiger partial charge in [-0.15, -0.1) is 6.58 Å². The Bertz CT molecular complexity index is 1050. The summed E-state index contributed by atoms with van der Waals surface area (Å²) in [6, 6.07) is 16.1. The molecule has 0 bridgehead atoms. The summed E-state index contributed by atoms with van der Waals surface area (Å²) in [5.74, 6) is 6.26. The predicted octanol–water partition coefficient (Wildman–Crippen LogP) is 5.40. The molecule has 0 aromatic heterocycles. The van der Waals surface area contributed by atoms with E-state index in [4.69, 9.17) is 11.6 Å². The molecule has 0 aliphatic carbocycles. The summed E-state index contributed by atoms with van der Waals surface area (Å²) in [7, 11) is -3.81. The third kappa shape index (κ3) is 4.49. The number of halogens is 1. The lowest BCUT2D eigenvalue weighted by Crippen LogP contribution is -2.31. The molecule has 3 nitrogen and oxygen atoms in total. The first-order chi connectivity index (χ1) is 13.5. The van der Waals surface area contributed by atoms with Gasteiger partial charge in [0.1, 0.15) is 10.6 Å². The molecule has 0 radical (unpaired) electrons. The Kier molecular flexibility index (Phi) is 6.61.